The van der Waals surface area contributed by atoms with E-state index in [-0.39, 0.29) is 12.1 Å². The van der Waals surface area contributed by atoms with E-state index in [9.17, 15) is 9.59 Å². The molecule has 0 saturated heterocycles. The molecule has 0 aromatic rings. The Balaban J connectivity index is 3.33. The predicted molar refractivity (Wildman–Crippen MR) is 199 cm³/mol. The molecule has 4 heteroatoms. The minimum absolute atomic E-state index is 0.00322. The number of hydrogen-bond donors (Lipinski definition) is 1. The summed E-state index contributed by atoms with van der Waals surface area (Å²) in [6.45, 7) is 4.22. The first-order valence-corrected chi connectivity index (χ1v) is 19.9. The molecule has 0 aromatic carbocycles. The normalized spacial score (nSPS) is 12.6. The number of hydrogen-bond acceptors (Lipinski definition) is 3. The number of carbonyl (C=O) groups excluding carboxylic acids is 1. The highest BCUT2D eigenvalue weighted by Crippen LogP contribution is 2.16. The van der Waals surface area contributed by atoms with E-state index in [1.165, 1.54) is 135 Å². The first-order valence-electron chi connectivity index (χ1n) is 19.9. The summed E-state index contributed by atoms with van der Waals surface area (Å²) >= 11 is 0. The van der Waals surface area contributed by atoms with Crippen LogP contribution in [0, 0.1) is 0 Å². The molecule has 4 nitrogen and oxygen atoms in total. The SMILES string of the molecule is CC/C=C\C/C=C\C/C=C\CCCCCCCCCC(=O)OC(C)CCCCCCCCCCCCCCCCCCCC(=O)O. The van der Waals surface area contributed by atoms with Crippen molar-refractivity contribution in [1.29, 1.82) is 0 Å². The van der Waals surface area contributed by atoms with Gasteiger partial charge < -0.3 is 9.84 Å². The number of allylic oxidation sites excluding steroid dienone is 6. The van der Waals surface area contributed by atoms with Crippen molar-refractivity contribution in [3.8, 4) is 0 Å². The lowest BCUT2D eigenvalue weighted by molar-refractivity contribution is -0.148. The minimum atomic E-state index is -0.663. The van der Waals surface area contributed by atoms with Crippen LogP contribution in [-0.4, -0.2) is 23.1 Å². The van der Waals surface area contributed by atoms with Crippen LogP contribution in [0.1, 0.15) is 213 Å². The number of carbonyl (C=O) groups is 2. The van der Waals surface area contributed by atoms with Gasteiger partial charge in [-0.3, -0.25) is 9.59 Å². The Bertz CT molecular complexity index is 738. The Morgan fingerprint density at radius 3 is 1.33 bits per heavy atom. The van der Waals surface area contributed by atoms with E-state index in [0.29, 0.717) is 12.8 Å². The zero-order valence-electron chi connectivity index (χ0n) is 30.6. The molecule has 0 saturated carbocycles. The molecule has 0 aliphatic rings. The van der Waals surface area contributed by atoms with Gasteiger partial charge in [-0.05, 0) is 64.7 Å². The van der Waals surface area contributed by atoms with Crippen LogP contribution < -0.4 is 0 Å². The molecule has 1 unspecified atom stereocenters. The number of unbranched alkanes of at least 4 members (excludes halogenated alkanes) is 23. The molecule has 0 spiro atoms. The average molecular weight is 645 g/mol. The van der Waals surface area contributed by atoms with Gasteiger partial charge in [0, 0.05) is 12.8 Å². The largest absolute Gasteiger partial charge is 0.481 e. The summed E-state index contributed by atoms with van der Waals surface area (Å²) in [7, 11) is 0. The molecule has 268 valence electrons. The number of aliphatic carboxylic acids is 1. The number of carboxylic acids is 1. The standard InChI is InChI=1S/C42H76O4/c1-3-4-5-6-7-8-9-10-11-13-18-21-24-27-30-33-36-39-42(45)46-40(2)37-34-31-28-25-22-19-16-14-12-15-17-20-23-26-29-32-35-38-41(43)44/h4-5,7-8,10-11,40H,3,6,9,12-39H2,1-2H3,(H,43,44)/b5-4-,8-7-,11-10-. The van der Waals surface area contributed by atoms with Gasteiger partial charge in [0.25, 0.3) is 0 Å². The molecule has 1 atom stereocenters. The summed E-state index contributed by atoms with van der Waals surface area (Å²) in [5.74, 6) is -0.666. The van der Waals surface area contributed by atoms with Gasteiger partial charge in [0.05, 0.1) is 6.10 Å². The van der Waals surface area contributed by atoms with Gasteiger partial charge in [0.2, 0.25) is 0 Å². The number of esters is 1. The van der Waals surface area contributed by atoms with Crippen LogP contribution in [0.2, 0.25) is 0 Å². The molecule has 0 heterocycles. The zero-order valence-corrected chi connectivity index (χ0v) is 30.6. The summed E-state index contributed by atoms with van der Waals surface area (Å²) in [4.78, 5) is 22.7. The van der Waals surface area contributed by atoms with Gasteiger partial charge in [-0.1, -0.05) is 172 Å². The molecule has 0 aromatic heterocycles. The van der Waals surface area contributed by atoms with Gasteiger partial charge in [-0.25, -0.2) is 0 Å². The fourth-order valence-electron chi connectivity index (χ4n) is 5.94. The van der Waals surface area contributed by atoms with Crippen LogP contribution in [0.15, 0.2) is 36.5 Å². The minimum Gasteiger partial charge on any atom is -0.481 e. The molecule has 1 N–H and O–H groups in total. The van der Waals surface area contributed by atoms with Gasteiger partial charge in [-0.15, -0.1) is 0 Å². The summed E-state index contributed by atoms with van der Waals surface area (Å²) < 4.78 is 5.65. The second kappa shape index (κ2) is 37.6. The molecule has 0 bridgehead atoms. The summed E-state index contributed by atoms with van der Waals surface area (Å²) in [6, 6.07) is 0. The molecule has 0 rings (SSSR count). The van der Waals surface area contributed by atoms with E-state index in [4.69, 9.17) is 9.84 Å². The third-order valence-corrected chi connectivity index (χ3v) is 8.87. The number of rotatable bonds is 36. The van der Waals surface area contributed by atoms with E-state index in [2.05, 4.69) is 50.3 Å². The molecular weight excluding hydrogens is 568 g/mol. The van der Waals surface area contributed by atoms with Crippen LogP contribution in [-0.2, 0) is 14.3 Å². The smallest absolute Gasteiger partial charge is 0.306 e. The lowest BCUT2D eigenvalue weighted by atomic mass is 10.0. The topological polar surface area (TPSA) is 63.6 Å². The quantitative estimate of drug-likeness (QED) is 0.0419. The maximum atomic E-state index is 12.2. The third kappa shape index (κ3) is 38.3. The molecular formula is C42H76O4. The Hall–Kier alpha value is -1.84. The molecule has 46 heavy (non-hydrogen) atoms. The lowest BCUT2D eigenvalue weighted by Gasteiger charge is -2.13. The average Bonchev–Trinajstić information content (AvgIpc) is 3.03. The van der Waals surface area contributed by atoms with Crippen molar-refractivity contribution in [2.75, 3.05) is 0 Å². The fourth-order valence-corrected chi connectivity index (χ4v) is 5.94. The van der Waals surface area contributed by atoms with Crippen LogP contribution in [0.5, 0.6) is 0 Å². The van der Waals surface area contributed by atoms with Crippen molar-refractivity contribution in [3.63, 3.8) is 0 Å². The monoisotopic (exact) mass is 645 g/mol. The first kappa shape index (κ1) is 44.2. The van der Waals surface area contributed by atoms with Gasteiger partial charge in [0.1, 0.15) is 0 Å². The number of ether oxygens (including phenoxy) is 1. The van der Waals surface area contributed by atoms with Crippen LogP contribution in [0.4, 0.5) is 0 Å². The van der Waals surface area contributed by atoms with E-state index in [0.717, 1.165) is 51.4 Å². The van der Waals surface area contributed by atoms with E-state index in [1.54, 1.807) is 0 Å². The summed E-state index contributed by atoms with van der Waals surface area (Å²) in [5.41, 5.74) is 0. The summed E-state index contributed by atoms with van der Waals surface area (Å²) in [6.07, 6.45) is 50.1. The molecule has 0 radical (unpaired) electrons. The molecule has 0 fully saturated rings. The van der Waals surface area contributed by atoms with Crippen molar-refractivity contribution in [2.24, 2.45) is 0 Å². The maximum Gasteiger partial charge on any atom is 0.306 e. The fraction of sp³-hybridized carbons (Fsp3) is 0.810. The highest BCUT2D eigenvalue weighted by molar-refractivity contribution is 5.69. The van der Waals surface area contributed by atoms with Crippen molar-refractivity contribution in [2.45, 2.75) is 219 Å². The first-order chi connectivity index (χ1) is 22.6. The van der Waals surface area contributed by atoms with E-state index in [1.807, 2.05) is 0 Å². The van der Waals surface area contributed by atoms with Crippen molar-refractivity contribution in [3.05, 3.63) is 36.5 Å². The van der Waals surface area contributed by atoms with Crippen LogP contribution in [0.25, 0.3) is 0 Å². The van der Waals surface area contributed by atoms with Crippen molar-refractivity contribution in [1.82, 2.24) is 0 Å². The third-order valence-electron chi connectivity index (χ3n) is 8.87. The molecule has 0 aliphatic heterocycles. The van der Waals surface area contributed by atoms with Gasteiger partial charge >= 0.3 is 11.9 Å². The summed E-state index contributed by atoms with van der Waals surface area (Å²) in [5, 5.41) is 8.65. The Kier molecular flexibility index (Phi) is 36.1. The van der Waals surface area contributed by atoms with E-state index < -0.39 is 5.97 Å². The Morgan fingerprint density at radius 1 is 0.500 bits per heavy atom. The Morgan fingerprint density at radius 2 is 0.870 bits per heavy atom. The highest BCUT2D eigenvalue weighted by atomic mass is 16.5. The van der Waals surface area contributed by atoms with E-state index >= 15 is 0 Å². The predicted octanol–water partition coefficient (Wildman–Crippen LogP) is 13.8. The molecule has 0 aliphatic carbocycles. The lowest BCUT2D eigenvalue weighted by Crippen LogP contribution is -2.14. The van der Waals surface area contributed by atoms with Gasteiger partial charge in [-0.2, -0.15) is 0 Å². The maximum absolute atomic E-state index is 12.2. The molecule has 0 amide bonds. The Labute approximate surface area is 286 Å². The second-order valence-electron chi connectivity index (χ2n) is 13.6. The van der Waals surface area contributed by atoms with Crippen LogP contribution in [0.3, 0.4) is 0 Å². The van der Waals surface area contributed by atoms with Crippen molar-refractivity contribution < 1.29 is 19.4 Å². The number of carboxylic acid groups (broad SMARTS) is 1. The highest BCUT2D eigenvalue weighted by Gasteiger charge is 2.09. The van der Waals surface area contributed by atoms with Gasteiger partial charge in [0.15, 0.2) is 0 Å². The second-order valence-corrected chi connectivity index (χ2v) is 13.6. The van der Waals surface area contributed by atoms with Crippen molar-refractivity contribution >= 4 is 11.9 Å². The zero-order chi connectivity index (χ0) is 33.6. The van der Waals surface area contributed by atoms with Crippen LogP contribution >= 0.6 is 0 Å².